The van der Waals surface area contributed by atoms with Gasteiger partial charge in [-0.1, -0.05) is 0 Å². The van der Waals surface area contributed by atoms with Crippen molar-refractivity contribution < 1.29 is 26.6 Å². The van der Waals surface area contributed by atoms with Gasteiger partial charge in [0, 0.05) is 0 Å². The third-order valence-electron chi connectivity index (χ3n) is 3.01. The molecule has 1 rings (SSSR count). The normalized spacial score (nSPS) is 21.5. The zero-order valence-corrected chi connectivity index (χ0v) is 9.52. The second kappa shape index (κ2) is 5.95. The van der Waals surface area contributed by atoms with E-state index in [-0.39, 0.29) is 17.0 Å². The molecule has 0 aromatic heterocycles. The molecule has 74 valence electrons. The van der Waals surface area contributed by atoms with Gasteiger partial charge in [0.2, 0.25) is 0 Å². The topological polar surface area (TPSA) is 20.2 Å². The van der Waals surface area contributed by atoms with Gasteiger partial charge in [0.25, 0.3) is 0 Å². The van der Waals surface area contributed by atoms with E-state index in [1.165, 1.54) is 38.9 Å². The first-order valence-electron chi connectivity index (χ1n) is 4.79. The van der Waals surface area contributed by atoms with Crippen LogP contribution in [0.4, 0.5) is 0 Å². The first-order valence-corrected chi connectivity index (χ1v) is 4.79. The second-order valence-electron chi connectivity index (χ2n) is 3.61. The van der Waals surface area contributed by atoms with E-state index in [0.717, 1.165) is 11.0 Å². The van der Waals surface area contributed by atoms with Crippen LogP contribution in [0.15, 0.2) is 0 Å². The fraction of sp³-hybridized carbons (Fsp3) is 1.00. The number of rotatable bonds is 3. The monoisotopic (exact) mass is 237 g/mol. The number of hydrogen-bond donors (Lipinski definition) is 1. The number of aliphatic hydroxyl groups excluding tert-OH is 1. The van der Waals surface area contributed by atoms with Crippen LogP contribution in [0.1, 0.15) is 26.2 Å². The predicted molar refractivity (Wildman–Crippen MR) is 46.3 cm³/mol. The number of quaternary nitrogens is 1. The van der Waals surface area contributed by atoms with E-state index < -0.39 is 0 Å². The van der Waals surface area contributed by atoms with E-state index in [4.69, 9.17) is 5.11 Å². The summed E-state index contributed by atoms with van der Waals surface area (Å²) < 4.78 is 1.16. The molecule has 0 unspecified atom stereocenters. The highest BCUT2D eigenvalue weighted by Gasteiger charge is 2.26. The Bertz CT molecular complexity index is 108. The Kier molecular flexibility index (Phi) is 6.14. The number of nitrogens with zero attached hydrogens (tertiary/aromatic N) is 1. The van der Waals surface area contributed by atoms with Crippen LogP contribution in [0.5, 0.6) is 0 Å². The minimum absolute atomic E-state index is 0. The maximum Gasteiger partial charge on any atom is 0.102 e. The van der Waals surface area contributed by atoms with E-state index in [1.54, 1.807) is 0 Å². The molecule has 1 N–H and O–H groups in total. The Balaban J connectivity index is 0.00000121. The van der Waals surface area contributed by atoms with E-state index >= 15 is 0 Å². The van der Waals surface area contributed by atoms with Crippen molar-refractivity contribution >= 4 is 0 Å². The molecule has 1 aliphatic heterocycles. The maximum absolute atomic E-state index is 8.90. The fourth-order valence-corrected chi connectivity index (χ4v) is 2.09. The Labute approximate surface area is 85.9 Å². The summed E-state index contributed by atoms with van der Waals surface area (Å²) in [5, 5.41) is 8.90. The average Bonchev–Trinajstić information content (AvgIpc) is 2.07. The molecule has 0 aliphatic carbocycles. The van der Waals surface area contributed by atoms with Crippen molar-refractivity contribution in [1.82, 2.24) is 0 Å². The Morgan fingerprint density at radius 2 is 1.75 bits per heavy atom. The summed E-state index contributed by atoms with van der Waals surface area (Å²) in [6.45, 7) is 7.33. The number of halogens is 1. The van der Waals surface area contributed by atoms with Crippen molar-refractivity contribution in [3.8, 4) is 0 Å². The summed E-state index contributed by atoms with van der Waals surface area (Å²) in [4.78, 5) is 0. The molecule has 0 bridgehead atoms. The smallest absolute Gasteiger partial charge is 0.102 e. The highest BCUT2D eigenvalue weighted by atomic mass is 79.9. The van der Waals surface area contributed by atoms with Gasteiger partial charge < -0.3 is 26.6 Å². The molecule has 1 aliphatic rings. The van der Waals surface area contributed by atoms with Crippen LogP contribution in [-0.4, -0.2) is 42.4 Å². The van der Waals surface area contributed by atoms with Crippen LogP contribution in [0, 0.1) is 0 Å². The highest BCUT2D eigenvalue weighted by molar-refractivity contribution is 4.52. The molecule has 1 heterocycles. The molecular weight excluding hydrogens is 218 g/mol. The van der Waals surface area contributed by atoms with Crippen molar-refractivity contribution in [2.24, 2.45) is 0 Å². The standard InChI is InChI=1S/C9H20NO.BrH/c1-2-10(8-9-11)6-4-3-5-7-10;/h11H,2-9H2,1H3;1H/q+1;/p-1. The molecule has 12 heavy (non-hydrogen) atoms. The Morgan fingerprint density at radius 1 is 1.17 bits per heavy atom. The lowest BCUT2D eigenvalue weighted by Gasteiger charge is -2.40. The van der Waals surface area contributed by atoms with Gasteiger partial charge in [-0.25, -0.2) is 0 Å². The summed E-state index contributed by atoms with van der Waals surface area (Å²) in [6, 6.07) is 0. The molecule has 0 radical (unpaired) electrons. The summed E-state index contributed by atoms with van der Waals surface area (Å²) in [7, 11) is 0. The second-order valence-corrected chi connectivity index (χ2v) is 3.61. The van der Waals surface area contributed by atoms with Gasteiger partial charge in [-0.05, 0) is 26.2 Å². The summed E-state index contributed by atoms with van der Waals surface area (Å²) >= 11 is 0. The zero-order chi connectivity index (χ0) is 8.16. The largest absolute Gasteiger partial charge is 1.00 e. The predicted octanol–water partition coefficient (Wildman–Crippen LogP) is -2.00. The number of piperidine rings is 1. The third-order valence-corrected chi connectivity index (χ3v) is 3.01. The first-order chi connectivity index (χ1) is 5.33. The molecule has 0 atom stereocenters. The van der Waals surface area contributed by atoms with Gasteiger partial charge in [0.1, 0.15) is 6.54 Å². The van der Waals surface area contributed by atoms with E-state index in [0.29, 0.717) is 6.61 Å². The molecule has 3 heteroatoms. The van der Waals surface area contributed by atoms with Crippen molar-refractivity contribution in [2.45, 2.75) is 26.2 Å². The van der Waals surface area contributed by atoms with Crippen molar-refractivity contribution in [2.75, 3.05) is 32.8 Å². The number of likely N-dealkylation sites (tertiary alicyclic amines) is 1. The van der Waals surface area contributed by atoms with Crippen molar-refractivity contribution in [3.63, 3.8) is 0 Å². The van der Waals surface area contributed by atoms with Gasteiger partial charge in [-0.2, -0.15) is 0 Å². The molecule has 0 amide bonds. The van der Waals surface area contributed by atoms with Crippen LogP contribution in [0.2, 0.25) is 0 Å². The SMILES string of the molecule is CC[N+]1(CCO)CCCCC1.[Br-]. The first kappa shape index (κ1) is 12.4. The van der Waals surface area contributed by atoms with Gasteiger partial charge in [0.05, 0.1) is 26.2 Å². The minimum Gasteiger partial charge on any atom is -1.00 e. The number of hydrogen-bond acceptors (Lipinski definition) is 1. The molecule has 0 aromatic rings. The lowest BCUT2D eigenvalue weighted by Crippen LogP contribution is -3.00. The van der Waals surface area contributed by atoms with Gasteiger partial charge in [-0.15, -0.1) is 0 Å². The molecule has 0 saturated carbocycles. The number of aliphatic hydroxyl groups is 1. The summed E-state index contributed by atoms with van der Waals surface area (Å²) in [5.74, 6) is 0. The van der Waals surface area contributed by atoms with Crippen LogP contribution in [0.3, 0.4) is 0 Å². The Hall–Kier alpha value is 0.400. The van der Waals surface area contributed by atoms with Crippen LogP contribution in [-0.2, 0) is 0 Å². The molecular formula is C9H20BrNO. The summed E-state index contributed by atoms with van der Waals surface area (Å²) in [5.41, 5.74) is 0. The fourth-order valence-electron chi connectivity index (χ4n) is 2.09. The van der Waals surface area contributed by atoms with Crippen molar-refractivity contribution in [3.05, 3.63) is 0 Å². The Morgan fingerprint density at radius 3 is 2.17 bits per heavy atom. The molecule has 1 saturated heterocycles. The van der Waals surface area contributed by atoms with Crippen LogP contribution < -0.4 is 17.0 Å². The molecule has 2 nitrogen and oxygen atoms in total. The van der Waals surface area contributed by atoms with Gasteiger partial charge in [-0.3, -0.25) is 0 Å². The van der Waals surface area contributed by atoms with Gasteiger partial charge >= 0.3 is 0 Å². The van der Waals surface area contributed by atoms with Gasteiger partial charge in [0.15, 0.2) is 0 Å². The van der Waals surface area contributed by atoms with E-state index in [1.807, 2.05) is 0 Å². The lowest BCUT2D eigenvalue weighted by atomic mass is 10.1. The van der Waals surface area contributed by atoms with Crippen LogP contribution >= 0.6 is 0 Å². The zero-order valence-electron chi connectivity index (χ0n) is 7.93. The van der Waals surface area contributed by atoms with E-state index in [2.05, 4.69) is 6.92 Å². The molecule has 0 spiro atoms. The third kappa shape index (κ3) is 3.04. The maximum atomic E-state index is 8.90. The lowest BCUT2D eigenvalue weighted by molar-refractivity contribution is -0.931. The van der Waals surface area contributed by atoms with E-state index in [9.17, 15) is 0 Å². The minimum atomic E-state index is 0. The average molecular weight is 238 g/mol. The number of likely N-dealkylation sites (N-methyl/N-ethyl adjacent to an activating group) is 1. The highest BCUT2D eigenvalue weighted by Crippen LogP contribution is 2.17. The van der Waals surface area contributed by atoms with Crippen molar-refractivity contribution in [1.29, 1.82) is 0 Å². The quantitative estimate of drug-likeness (QED) is 0.564. The molecule has 0 aromatic carbocycles. The molecule has 1 fully saturated rings. The summed E-state index contributed by atoms with van der Waals surface area (Å²) in [6.07, 6.45) is 4.10. The van der Waals surface area contributed by atoms with Crippen LogP contribution in [0.25, 0.3) is 0 Å².